The molecule has 2 unspecified atom stereocenters. The number of hydrogen-bond donors (Lipinski definition) is 3. The molecule has 0 saturated carbocycles. The molecule has 2 aliphatic rings. The zero-order chi connectivity index (χ0) is 29.7. The van der Waals surface area contributed by atoms with E-state index in [2.05, 4.69) is 27.7 Å². The third-order valence-corrected chi connectivity index (χ3v) is 8.08. The molecular weight excluding hydrogens is 530 g/mol. The third kappa shape index (κ3) is 6.39. The van der Waals surface area contributed by atoms with Crippen LogP contribution in [0.4, 0.5) is 4.79 Å². The van der Waals surface area contributed by atoms with E-state index < -0.39 is 29.6 Å². The number of alkyl carbamates (subject to hydrolysis) is 1. The second kappa shape index (κ2) is 12.6. The fraction of sp³-hybridized carbons (Fsp3) is 0.324. The van der Waals surface area contributed by atoms with Crippen LogP contribution in [0.5, 0.6) is 0 Å². The van der Waals surface area contributed by atoms with Gasteiger partial charge in [-0.1, -0.05) is 90.5 Å². The first kappa shape index (κ1) is 29.1. The van der Waals surface area contributed by atoms with E-state index in [0.717, 1.165) is 33.4 Å². The van der Waals surface area contributed by atoms with Gasteiger partial charge in [-0.2, -0.15) is 0 Å². The van der Waals surface area contributed by atoms with Crippen molar-refractivity contribution in [2.75, 3.05) is 19.7 Å². The number of hydrogen-bond acceptors (Lipinski definition) is 5. The van der Waals surface area contributed by atoms with Crippen LogP contribution < -0.4 is 10.6 Å². The normalized spacial score (nSPS) is 18.4. The predicted octanol–water partition coefficient (Wildman–Crippen LogP) is 5.10. The Bertz CT molecular complexity index is 1440. The first-order chi connectivity index (χ1) is 20.3. The Labute approximate surface area is 246 Å². The van der Waals surface area contributed by atoms with Crippen LogP contribution in [0, 0.1) is 0 Å². The summed E-state index contributed by atoms with van der Waals surface area (Å²) in [7, 11) is 0. The summed E-state index contributed by atoms with van der Waals surface area (Å²) in [4.78, 5) is 41.2. The minimum absolute atomic E-state index is 0.115. The zero-order valence-corrected chi connectivity index (χ0v) is 24.0. The summed E-state index contributed by atoms with van der Waals surface area (Å²) in [5, 5.41) is 15.3. The summed E-state index contributed by atoms with van der Waals surface area (Å²) in [5.41, 5.74) is 5.15. The number of carboxylic acid groups (broad SMARTS) is 1. The van der Waals surface area contributed by atoms with E-state index in [1.165, 1.54) is 0 Å². The topological polar surface area (TPSA) is 108 Å². The highest BCUT2D eigenvalue weighted by Crippen LogP contribution is 2.44. The Morgan fingerprint density at radius 2 is 1.60 bits per heavy atom. The Balaban J connectivity index is 1.32. The number of nitrogens with zero attached hydrogens (tertiary/aromatic N) is 1. The molecule has 42 heavy (non-hydrogen) atoms. The van der Waals surface area contributed by atoms with Crippen LogP contribution in [0.3, 0.4) is 0 Å². The number of rotatable bonds is 10. The van der Waals surface area contributed by atoms with Gasteiger partial charge < -0.3 is 20.5 Å². The number of benzene rings is 3. The predicted molar refractivity (Wildman–Crippen MR) is 161 cm³/mol. The van der Waals surface area contributed by atoms with Gasteiger partial charge in [0.1, 0.15) is 18.2 Å². The van der Waals surface area contributed by atoms with Gasteiger partial charge in [-0.05, 0) is 54.5 Å². The lowest BCUT2D eigenvalue weighted by Crippen LogP contribution is -2.62. The van der Waals surface area contributed by atoms with Crippen LogP contribution >= 0.6 is 0 Å². The fourth-order valence-electron chi connectivity index (χ4n) is 5.91. The van der Waals surface area contributed by atoms with Crippen LogP contribution in [-0.4, -0.2) is 59.3 Å². The number of carboxylic acids is 1. The second-order valence-electron chi connectivity index (χ2n) is 11.4. The van der Waals surface area contributed by atoms with Gasteiger partial charge in [0.05, 0.1) is 0 Å². The molecule has 0 spiro atoms. The number of allylic oxidation sites excluding steroid dienone is 1. The Hall–Kier alpha value is -4.43. The largest absolute Gasteiger partial charge is 0.480 e. The van der Waals surface area contributed by atoms with E-state index in [0.29, 0.717) is 19.5 Å². The van der Waals surface area contributed by atoms with Crippen molar-refractivity contribution in [1.82, 2.24) is 15.5 Å². The quantitative estimate of drug-likeness (QED) is 0.295. The molecule has 8 heteroatoms. The first-order valence-electron chi connectivity index (χ1n) is 14.3. The van der Waals surface area contributed by atoms with Crippen molar-refractivity contribution in [3.8, 4) is 11.1 Å². The molecule has 3 aromatic rings. The van der Waals surface area contributed by atoms with Crippen LogP contribution in [0.1, 0.15) is 49.3 Å². The second-order valence-corrected chi connectivity index (χ2v) is 11.4. The number of amides is 2. The SMILES string of the molecule is CC(C)=CCC(NC(=O)C1(NC(=O)OCC2c3ccccc3-c3ccccc32)CCN(Cc2ccccc2)C1)C(=O)O. The molecule has 0 radical (unpaired) electrons. The highest BCUT2D eigenvalue weighted by atomic mass is 16.5. The summed E-state index contributed by atoms with van der Waals surface area (Å²) >= 11 is 0. The number of nitrogens with one attached hydrogen (secondary N) is 2. The van der Waals surface area contributed by atoms with Crippen molar-refractivity contribution in [2.45, 2.75) is 50.7 Å². The number of carbonyl (C=O) groups excluding carboxylic acids is 2. The van der Waals surface area contributed by atoms with E-state index in [1.54, 1.807) is 6.08 Å². The van der Waals surface area contributed by atoms with E-state index in [4.69, 9.17) is 4.74 Å². The van der Waals surface area contributed by atoms with Crippen molar-refractivity contribution >= 4 is 18.0 Å². The van der Waals surface area contributed by atoms with Crippen molar-refractivity contribution in [3.05, 3.63) is 107 Å². The van der Waals surface area contributed by atoms with Crippen molar-refractivity contribution < 1.29 is 24.2 Å². The number of fused-ring (bicyclic) bond motifs is 3. The number of likely N-dealkylation sites (tertiary alicyclic amines) is 1. The van der Waals surface area contributed by atoms with E-state index in [9.17, 15) is 19.5 Å². The van der Waals surface area contributed by atoms with Gasteiger partial charge in [-0.3, -0.25) is 9.69 Å². The molecule has 2 atom stereocenters. The van der Waals surface area contributed by atoms with Crippen LogP contribution in [0.2, 0.25) is 0 Å². The molecule has 0 aromatic heterocycles. The lowest BCUT2D eigenvalue weighted by atomic mass is 9.96. The molecule has 218 valence electrons. The summed E-state index contributed by atoms with van der Waals surface area (Å²) in [6, 6.07) is 25.0. The maximum Gasteiger partial charge on any atom is 0.408 e. The molecule has 3 N–H and O–H groups in total. The van der Waals surface area contributed by atoms with Gasteiger partial charge in [0.2, 0.25) is 5.91 Å². The average molecular weight is 568 g/mol. The van der Waals surface area contributed by atoms with Gasteiger partial charge in [-0.15, -0.1) is 0 Å². The summed E-state index contributed by atoms with van der Waals surface area (Å²) in [6.45, 7) is 5.25. The lowest BCUT2D eigenvalue weighted by molar-refractivity contribution is -0.142. The minimum atomic E-state index is -1.34. The van der Waals surface area contributed by atoms with Crippen LogP contribution in [0.25, 0.3) is 11.1 Å². The summed E-state index contributed by atoms with van der Waals surface area (Å²) in [5.74, 6) is -1.77. The Kier molecular flexibility index (Phi) is 8.73. The van der Waals surface area contributed by atoms with Crippen molar-refractivity contribution in [1.29, 1.82) is 0 Å². The minimum Gasteiger partial charge on any atom is -0.480 e. The summed E-state index contributed by atoms with van der Waals surface area (Å²) in [6.07, 6.45) is 1.55. The maximum atomic E-state index is 13.8. The molecule has 5 rings (SSSR count). The summed E-state index contributed by atoms with van der Waals surface area (Å²) < 4.78 is 5.79. The number of carbonyl (C=O) groups is 3. The fourth-order valence-corrected chi connectivity index (χ4v) is 5.91. The molecule has 1 aliphatic carbocycles. The van der Waals surface area contributed by atoms with Crippen molar-refractivity contribution in [2.24, 2.45) is 0 Å². The molecular formula is C34H37N3O5. The molecule has 3 aromatic carbocycles. The molecule has 8 nitrogen and oxygen atoms in total. The molecule has 1 fully saturated rings. The number of aliphatic carboxylic acids is 1. The van der Waals surface area contributed by atoms with Crippen LogP contribution in [0.15, 0.2) is 90.5 Å². The van der Waals surface area contributed by atoms with Gasteiger partial charge in [0.15, 0.2) is 0 Å². The zero-order valence-electron chi connectivity index (χ0n) is 24.0. The molecule has 2 amide bonds. The maximum absolute atomic E-state index is 13.8. The highest BCUT2D eigenvalue weighted by molar-refractivity contribution is 5.93. The van der Waals surface area contributed by atoms with E-state index >= 15 is 0 Å². The highest BCUT2D eigenvalue weighted by Gasteiger charge is 2.47. The molecule has 0 bridgehead atoms. The standard InChI is InChI=1S/C34H37N3O5/c1-23(2)16-17-30(31(38)39)35-32(40)34(18-19-37(22-34)20-24-10-4-3-5-11-24)36-33(41)42-21-29-27-14-8-6-12-25(27)26-13-7-9-15-28(26)29/h3-16,29-30H,17-22H2,1-2H3,(H,35,40)(H,36,41)(H,38,39). The molecule has 1 aliphatic heterocycles. The third-order valence-electron chi connectivity index (χ3n) is 8.08. The van der Waals surface area contributed by atoms with Crippen molar-refractivity contribution in [3.63, 3.8) is 0 Å². The molecule has 1 heterocycles. The Morgan fingerprint density at radius 1 is 0.976 bits per heavy atom. The number of ether oxygens (including phenoxy) is 1. The van der Waals surface area contributed by atoms with Gasteiger partial charge in [0, 0.05) is 25.6 Å². The average Bonchev–Trinajstić information content (AvgIpc) is 3.53. The van der Waals surface area contributed by atoms with Crippen LogP contribution in [-0.2, 0) is 20.9 Å². The van der Waals surface area contributed by atoms with E-state index in [1.807, 2.05) is 80.6 Å². The Morgan fingerprint density at radius 3 is 2.21 bits per heavy atom. The molecule has 1 saturated heterocycles. The smallest absolute Gasteiger partial charge is 0.408 e. The van der Waals surface area contributed by atoms with E-state index in [-0.39, 0.29) is 25.5 Å². The van der Waals surface area contributed by atoms with Gasteiger partial charge >= 0.3 is 12.1 Å². The van der Waals surface area contributed by atoms with Gasteiger partial charge in [0.25, 0.3) is 0 Å². The monoisotopic (exact) mass is 567 g/mol. The van der Waals surface area contributed by atoms with Gasteiger partial charge in [-0.25, -0.2) is 9.59 Å². The lowest BCUT2D eigenvalue weighted by Gasteiger charge is -2.30. The first-order valence-corrected chi connectivity index (χ1v) is 14.3.